The second-order valence-corrected chi connectivity index (χ2v) is 4.91. The number of nitriles is 1. The zero-order valence-electron chi connectivity index (χ0n) is 10.6. The fourth-order valence-corrected chi connectivity index (χ4v) is 2.58. The van der Waals surface area contributed by atoms with E-state index in [1.54, 1.807) is 0 Å². The van der Waals surface area contributed by atoms with Crippen LogP contribution in [-0.4, -0.2) is 11.5 Å². The molecule has 90 valence electrons. The highest BCUT2D eigenvalue weighted by atomic mass is 14.9. The first-order valence-corrected chi connectivity index (χ1v) is 6.33. The summed E-state index contributed by atoms with van der Waals surface area (Å²) in [5.41, 5.74) is 3.43. The zero-order chi connectivity index (χ0) is 12.3. The Morgan fingerprint density at radius 2 is 2.12 bits per heavy atom. The number of aryl methyl sites for hydroxylation is 2. The first-order chi connectivity index (χ1) is 8.20. The van der Waals surface area contributed by atoms with E-state index in [1.807, 2.05) is 19.9 Å². The van der Waals surface area contributed by atoms with Crippen molar-refractivity contribution in [2.45, 2.75) is 39.5 Å². The van der Waals surface area contributed by atoms with E-state index >= 15 is 0 Å². The van der Waals surface area contributed by atoms with Gasteiger partial charge in [-0.3, -0.25) is 4.98 Å². The maximum Gasteiger partial charge on any atom is 0.103 e. The third-order valence-corrected chi connectivity index (χ3v) is 3.50. The van der Waals surface area contributed by atoms with Gasteiger partial charge < -0.3 is 5.32 Å². The van der Waals surface area contributed by atoms with Crippen LogP contribution in [0.3, 0.4) is 0 Å². The largest absolute Gasteiger partial charge is 0.384 e. The topological polar surface area (TPSA) is 48.7 Å². The molecule has 2 rings (SSSR count). The molecule has 0 atom stereocenters. The van der Waals surface area contributed by atoms with Gasteiger partial charge in [0.05, 0.1) is 16.9 Å². The lowest BCUT2D eigenvalue weighted by molar-refractivity contribution is 0.579. The first-order valence-electron chi connectivity index (χ1n) is 6.33. The van der Waals surface area contributed by atoms with Crippen LogP contribution in [0, 0.1) is 31.1 Å². The minimum absolute atomic E-state index is 0.689. The van der Waals surface area contributed by atoms with Crippen molar-refractivity contribution in [3.63, 3.8) is 0 Å². The molecule has 0 spiro atoms. The molecule has 0 saturated heterocycles. The van der Waals surface area contributed by atoms with Crippen molar-refractivity contribution in [2.75, 3.05) is 11.9 Å². The fraction of sp³-hybridized carbons (Fsp3) is 0.571. The Bertz CT molecular complexity index is 440. The predicted octanol–water partition coefficient (Wildman–Crippen LogP) is 3.17. The molecule has 1 fully saturated rings. The Morgan fingerprint density at radius 1 is 1.41 bits per heavy atom. The van der Waals surface area contributed by atoms with Crippen LogP contribution in [0.1, 0.15) is 42.6 Å². The molecular formula is C14H19N3. The molecule has 1 saturated carbocycles. The molecule has 3 heteroatoms. The average Bonchev–Trinajstić information content (AvgIpc) is 2.78. The van der Waals surface area contributed by atoms with Gasteiger partial charge in [-0.05, 0) is 38.7 Å². The highest BCUT2D eigenvalue weighted by Gasteiger charge is 2.15. The number of anilines is 1. The Hall–Kier alpha value is -1.56. The van der Waals surface area contributed by atoms with Crippen LogP contribution >= 0.6 is 0 Å². The fourth-order valence-electron chi connectivity index (χ4n) is 2.58. The summed E-state index contributed by atoms with van der Waals surface area (Å²) in [6.07, 6.45) is 5.34. The van der Waals surface area contributed by atoms with Crippen LogP contribution in [0.4, 0.5) is 5.69 Å². The van der Waals surface area contributed by atoms with E-state index in [-0.39, 0.29) is 0 Å². The normalized spacial score (nSPS) is 15.8. The van der Waals surface area contributed by atoms with Crippen molar-refractivity contribution in [3.05, 3.63) is 23.0 Å². The van der Waals surface area contributed by atoms with E-state index in [4.69, 9.17) is 5.26 Å². The van der Waals surface area contributed by atoms with Gasteiger partial charge in [0, 0.05) is 12.2 Å². The predicted molar refractivity (Wildman–Crippen MR) is 68.9 cm³/mol. The van der Waals surface area contributed by atoms with Gasteiger partial charge in [0.1, 0.15) is 6.07 Å². The molecule has 3 nitrogen and oxygen atoms in total. The molecule has 0 radical (unpaired) electrons. The second-order valence-electron chi connectivity index (χ2n) is 4.91. The van der Waals surface area contributed by atoms with Crippen molar-refractivity contribution < 1.29 is 0 Å². The average molecular weight is 229 g/mol. The second kappa shape index (κ2) is 5.18. The quantitative estimate of drug-likeness (QED) is 0.866. The molecule has 0 aromatic carbocycles. The highest BCUT2D eigenvalue weighted by molar-refractivity contribution is 5.59. The molecule has 0 amide bonds. The molecular weight excluding hydrogens is 210 g/mol. The van der Waals surface area contributed by atoms with Gasteiger partial charge in [0.2, 0.25) is 0 Å². The number of pyridine rings is 1. The molecule has 0 unspecified atom stereocenters. The summed E-state index contributed by atoms with van der Waals surface area (Å²) >= 11 is 0. The number of aromatic nitrogens is 1. The van der Waals surface area contributed by atoms with E-state index < -0.39 is 0 Å². The van der Waals surface area contributed by atoms with E-state index in [2.05, 4.69) is 16.4 Å². The lowest BCUT2D eigenvalue weighted by Gasteiger charge is -2.14. The molecule has 1 N–H and O–H groups in total. The van der Waals surface area contributed by atoms with Gasteiger partial charge in [0.25, 0.3) is 0 Å². The van der Waals surface area contributed by atoms with Crippen LogP contribution in [0.2, 0.25) is 0 Å². The van der Waals surface area contributed by atoms with Crippen molar-refractivity contribution in [3.8, 4) is 6.07 Å². The van der Waals surface area contributed by atoms with Crippen molar-refractivity contribution >= 4 is 5.69 Å². The third-order valence-electron chi connectivity index (χ3n) is 3.50. The standard InChI is InChI=1S/C14H19N3/c1-10-7-14(13(8-15)11(2)17-10)16-9-12-5-3-4-6-12/h7,12H,3-6,9H2,1-2H3,(H,16,17). The molecule has 1 aromatic rings. The summed E-state index contributed by atoms with van der Waals surface area (Å²) in [4.78, 5) is 4.32. The minimum atomic E-state index is 0.689. The van der Waals surface area contributed by atoms with Gasteiger partial charge >= 0.3 is 0 Å². The van der Waals surface area contributed by atoms with E-state index in [0.717, 1.165) is 29.5 Å². The summed E-state index contributed by atoms with van der Waals surface area (Å²) in [7, 11) is 0. The Morgan fingerprint density at radius 3 is 2.76 bits per heavy atom. The summed E-state index contributed by atoms with van der Waals surface area (Å²) in [6, 6.07) is 4.21. The van der Waals surface area contributed by atoms with E-state index in [9.17, 15) is 0 Å². The monoisotopic (exact) mass is 229 g/mol. The smallest absolute Gasteiger partial charge is 0.103 e. The van der Waals surface area contributed by atoms with Crippen molar-refractivity contribution in [2.24, 2.45) is 5.92 Å². The Kier molecular flexibility index (Phi) is 3.63. The van der Waals surface area contributed by atoms with Gasteiger partial charge in [-0.2, -0.15) is 5.26 Å². The van der Waals surface area contributed by atoms with Crippen molar-refractivity contribution in [1.29, 1.82) is 5.26 Å². The summed E-state index contributed by atoms with van der Waals surface area (Å²) < 4.78 is 0. The molecule has 1 aliphatic rings. The van der Waals surface area contributed by atoms with E-state index in [0.29, 0.717) is 5.56 Å². The molecule has 0 aliphatic heterocycles. The van der Waals surface area contributed by atoms with Gasteiger partial charge in [0.15, 0.2) is 0 Å². The zero-order valence-corrected chi connectivity index (χ0v) is 10.6. The van der Waals surface area contributed by atoms with Crippen molar-refractivity contribution in [1.82, 2.24) is 4.98 Å². The Labute approximate surface area is 103 Å². The third kappa shape index (κ3) is 2.76. The minimum Gasteiger partial charge on any atom is -0.384 e. The number of rotatable bonds is 3. The number of hydrogen-bond donors (Lipinski definition) is 1. The van der Waals surface area contributed by atoms with Crippen LogP contribution in [0.5, 0.6) is 0 Å². The van der Waals surface area contributed by atoms with Gasteiger partial charge in [-0.15, -0.1) is 0 Å². The molecule has 17 heavy (non-hydrogen) atoms. The van der Waals surface area contributed by atoms with Crippen LogP contribution in [-0.2, 0) is 0 Å². The van der Waals surface area contributed by atoms with Crippen LogP contribution < -0.4 is 5.32 Å². The van der Waals surface area contributed by atoms with Gasteiger partial charge in [-0.25, -0.2) is 0 Å². The number of nitrogens with one attached hydrogen (secondary N) is 1. The maximum atomic E-state index is 9.15. The molecule has 1 aliphatic carbocycles. The first kappa shape index (κ1) is 11.9. The van der Waals surface area contributed by atoms with Gasteiger partial charge in [-0.1, -0.05) is 12.8 Å². The summed E-state index contributed by atoms with van der Waals surface area (Å²) in [5, 5.41) is 12.6. The summed E-state index contributed by atoms with van der Waals surface area (Å²) in [6.45, 7) is 4.85. The number of nitrogens with zero attached hydrogens (tertiary/aromatic N) is 2. The van der Waals surface area contributed by atoms with Crippen LogP contribution in [0.25, 0.3) is 0 Å². The molecule has 1 aromatic heterocycles. The SMILES string of the molecule is Cc1cc(NCC2CCCC2)c(C#N)c(C)n1. The summed E-state index contributed by atoms with van der Waals surface area (Å²) in [5.74, 6) is 0.773. The van der Waals surface area contributed by atoms with E-state index in [1.165, 1.54) is 25.7 Å². The maximum absolute atomic E-state index is 9.15. The highest BCUT2D eigenvalue weighted by Crippen LogP contribution is 2.26. The molecule has 1 heterocycles. The van der Waals surface area contributed by atoms with Crippen LogP contribution in [0.15, 0.2) is 6.07 Å². The lowest BCUT2D eigenvalue weighted by Crippen LogP contribution is -2.12. The number of hydrogen-bond acceptors (Lipinski definition) is 3. The lowest BCUT2D eigenvalue weighted by atomic mass is 10.1. The molecule has 0 bridgehead atoms. The Balaban J connectivity index is 2.11.